The number of hydrogen-bond acceptors (Lipinski definition) is 7. The predicted octanol–water partition coefficient (Wildman–Crippen LogP) is 3.10. The summed E-state index contributed by atoms with van der Waals surface area (Å²) in [5, 5.41) is 6.86. The topological polar surface area (TPSA) is 106 Å². The molecule has 9 nitrogen and oxygen atoms in total. The maximum atomic E-state index is 12.2. The Balaban J connectivity index is 1.52. The molecule has 0 unspecified atom stereocenters. The third-order valence-electron chi connectivity index (χ3n) is 5.16. The zero-order valence-corrected chi connectivity index (χ0v) is 18.8. The summed E-state index contributed by atoms with van der Waals surface area (Å²) < 4.78 is 13.5. The van der Waals surface area contributed by atoms with Crippen LogP contribution in [0.1, 0.15) is 13.3 Å². The molecule has 0 aliphatic carbocycles. The molecule has 1 saturated heterocycles. The quantitative estimate of drug-likeness (QED) is 0.362. The highest BCUT2D eigenvalue weighted by Crippen LogP contribution is 2.31. The van der Waals surface area contributed by atoms with Gasteiger partial charge in [-0.2, -0.15) is 4.98 Å². The molecule has 2 aromatic heterocycles. The van der Waals surface area contributed by atoms with Crippen LogP contribution in [0.15, 0.2) is 23.1 Å². The predicted molar refractivity (Wildman–Crippen MR) is 121 cm³/mol. The van der Waals surface area contributed by atoms with Crippen molar-refractivity contribution in [2.24, 2.45) is 13.0 Å². The molecule has 166 valence electrons. The number of aromatic nitrogens is 4. The number of nitrogens with zero attached hydrogens (tertiary/aromatic N) is 3. The Morgan fingerprint density at radius 1 is 1.29 bits per heavy atom. The molecule has 2 atom stereocenters. The van der Waals surface area contributed by atoms with Crippen LogP contribution in [-0.2, 0) is 11.8 Å². The second-order valence-electron chi connectivity index (χ2n) is 7.66. The third-order valence-corrected chi connectivity index (χ3v) is 5.62. The average molecular weight is 467 g/mol. The van der Waals surface area contributed by atoms with E-state index in [0.717, 1.165) is 19.5 Å². The van der Waals surface area contributed by atoms with E-state index in [9.17, 15) is 4.79 Å². The summed E-state index contributed by atoms with van der Waals surface area (Å²) in [4.78, 5) is 22.9. The lowest BCUT2D eigenvalue weighted by Gasteiger charge is -2.27. The fraction of sp³-hybridized carbons (Fsp3) is 0.450. The Hall–Kier alpha value is -2.33. The fourth-order valence-corrected chi connectivity index (χ4v) is 3.97. The summed E-state index contributed by atoms with van der Waals surface area (Å²) in [6.07, 6.45) is 2.63. The number of fused-ring (bicyclic) bond motifs is 1. The number of H-pyrrole nitrogens is 1. The Morgan fingerprint density at radius 3 is 2.94 bits per heavy atom. The van der Waals surface area contributed by atoms with Gasteiger partial charge in [0.25, 0.3) is 0 Å². The summed E-state index contributed by atoms with van der Waals surface area (Å²) in [7, 11) is 1.69. The number of ether oxygens (including phenoxy) is 2. The Bertz CT molecular complexity index is 1130. The smallest absolute Gasteiger partial charge is 0.326 e. The first-order chi connectivity index (χ1) is 14.9. The van der Waals surface area contributed by atoms with E-state index in [2.05, 4.69) is 32.5 Å². The second kappa shape index (κ2) is 9.44. The van der Waals surface area contributed by atoms with E-state index in [-0.39, 0.29) is 17.1 Å². The number of anilines is 2. The van der Waals surface area contributed by atoms with Crippen LogP contribution < -0.4 is 21.1 Å². The van der Waals surface area contributed by atoms with E-state index >= 15 is 0 Å². The number of hydrogen-bond donors (Lipinski definition) is 3. The molecule has 1 aliphatic heterocycles. The van der Waals surface area contributed by atoms with Crippen molar-refractivity contribution in [1.29, 1.82) is 0 Å². The molecule has 1 aromatic carbocycles. The van der Waals surface area contributed by atoms with Crippen molar-refractivity contribution in [3.05, 3.63) is 39.1 Å². The highest BCUT2D eigenvalue weighted by atomic mass is 35.5. The van der Waals surface area contributed by atoms with Gasteiger partial charge in [-0.15, -0.1) is 0 Å². The summed E-state index contributed by atoms with van der Waals surface area (Å²) in [6, 6.07) is 3.56. The minimum absolute atomic E-state index is 0.0706. The Labute approximate surface area is 189 Å². The van der Waals surface area contributed by atoms with E-state index in [1.54, 1.807) is 19.2 Å². The number of halogens is 2. The maximum Gasteiger partial charge on any atom is 0.326 e. The van der Waals surface area contributed by atoms with Gasteiger partial charge in [-0.05, 0) is 36.6 Å². The highest BCUT2D eigenvalue weighted by molar-refractivity contribution is 6.33. The first kappa shape index (κ1) is 21.9. The first-order valence-corrected chi connectivity index (χ1v) is 10.8. The molecule has 0 spiro atoms. The van der Waals surface area contributed by atoms with Gasteiger partial charge in [0, 0.05) is 25.3 Å². The van der Waals surface area contributed by atoms with Gasteiger partial charge in [0.1, 0.15) is 22.9 Å². The molecule has 0 saturated carbocycles. The first-order valence-electron chi connectivity index (χ1n) is 10.0. The molecule has 4 rings (SSSR count). The SMILES string of the molecule is C[C@@H]1CNC[C@H](OCCOc2cc(Nc3nc(Cl)ncc3Cl)cc3[nH]c(=O)n(C)c23)C1. The van der Waals surface area contributed by atoms with Crippen LogP contribution in [-0.4, -0.2) is 51.9 Å². The maximum absolute atomic E-state index is 12.2. The van der Waals surface area contributed by atoms with Crippen LogP contribution in [0, 0.1) is 5.92 Å². The molecule has 3 N–H and O–H groups in total. The van der Waals surface area contributed by atoms with Gasteiger partial charge in [0.2, 0.25) is 5.28 Å². The van der Waals surface area contributed by atoms with Crippen molar-refractivity contribution in [1.82, 2.24) is 24.8 Å². The number of nitrogens with one attached hydrogen (secondary N) is 3. The lowest BCUT2D eigenvalue weighted by Crippen LogP contribution is -2.40. The van der Waals surface area contributed by atoms with Crippen LogP contribution in [0.2, 0.25) is 10.3 Å². The average Bonchev–Trinajstić information content (AvgIpc) is 3.02. The molecule has 31 heavy (non-hydrogen) atoms. The van der Waals surface area contributed by atoms with Crippen molar-refractivity contribution >= 4 is 45.7 Å². The van der Waals surface area contributed by atoms with Crippen LogP contribution in [0.5, 0.6) is 5.75 Å². The lowest BCUT2D eigenvalue weighted by molar-refractivity contribution is 0.0103. The molecular weight excluding hydrogens is 443 g/mol. The van der Waals surface area contributed by atoms with Gasteiger partial charge in [0.15, 0.2) is 5.82 Å². The van der Waals surface area contributed by atoms with Gasteiger partial charge < -0.3 is 25.1 Å². The fourth-order valence-electron chi connectivity index (χ4n) is 3.70. The second-order valence-corrected chi connectivity index (χ2v) is 8.41. The van der Waals surface area contributed by atoms with Crippen LogP contribution in [0.25, 0.3) is 11.0 Å². The van der Waals surface area contributed by atoms with Crippen LogP contribution >= 0.6 is 23.2 Å². The molecule has 1 fully saturated rings. The molecule has 11 heteroatoms. The zero-order valence-electron chi connectivity index (χ0n) is 17.2. The molecule has 3 heterocycles. The van der Waals surface area contributed by atoms with Crippen molar-refractivity contribution in [2.45, 2.75) is 19.4 Å². The van der Waals surface area contributed by atoms with Crippen LogP contribution in [0.3, 0.4) is 0 Å². The van der Waals surface area contributed by atoms with E-state index in [1.165, 1.54) is 10.8 Å². The minimum atomic E-state index is -0.237. The van der Waals surface area contributed by atoms with E-state index in [0.29, 0.717) is 52.4 Å². The zero-order chi connectivity index (χ0) is 22.0. The van der Waals surface area contributed by atoms with E-state index in [1.807, 2.05) is 0 Å². The van der Waals surface area contributed by atoms with E-state index in [4.69, 9.17) is 32.7 Å². The molecule has 1 aliphatic rings. The normalized spacial score (nSPS) is 19.0. The van der Waals surface area contributed by atoms with Gasteiger partial charge >= 0.3 is 5.69 Å². The highest BCUT2D eigenvalue weighted by Gasteiger charge is 2.19. The standard InChI is InChI=1S/C20H24Cl2N6O3/c1-11-5-13(9-23-8-11)30-3-4-31-16-7-12(6-15-17(16)28(2)20(29)26-15)25-18-14(21)10-24-19(22)27-18/h6-7,10-11,13,23H,3-5,8-9H2,1-2H3,(H,26,29)(H,24,25,27)/t11-,13+/m0/s1. The van der Waals surface area contributed by atoms with E-state index < -0.39 is 0 Å². The number of benzene rings is 1. The summed E-state index contributed by atoms with van der Waals surface area (Å²) in [6.45, 7) is 4.88. The van der Waals surface area contributed by atoms with Gasteiger partial charge in [-0.3, -0.25) is 4.57 Å². The summed E-state index contributed by atoms with van der Waals surface area (Å²) in [5.74, 6) is 1.49. The Morgan fingerprint density at radius 2 is 2.13 bits per heavy atom. The lowest BCUT2D eigenvalue weighted by atomic mass is 10.00. The van der Waals surface area contributed by atoms with Gasteiger partial charge in [-0.25, -0.2) is 9.78 Å². The number of aryl methyl sites for hydroxylation is 1. The van der Waals surface area contributed by atoms with Crippen LogP contribution in [0.4, 0.5) is 11.5 Å². The molecule has 0 radical (unpaired) electrons. The van der Waals surface area contributed by atoms with Gasteiger partial charge in [-0.1, -0.05) is 18.5 Å². The monoisotopic (exact) mass is 466 g/mol. The third kappa shape index (κ3) is 5.12. The largest absolute Gasteiger partial charge is 0.489 e. The summed E-state index contributed by atoms with van der Waals surface area (Å²) in [5.41, 5.74) is 1.68. The summed E-state index contributed by atoms with van der Waals surface area (Å²) >= 11 is 12.0. The van der Waals surface area contributed by atoms with Crippen molar-refractivity contribution in [2.75, 3.05) is 31.6 Å². The number of aromatic amines is 1. The van der Waals surface area contributed by atoms with Crippen molar-refractivity contribution in [3.63, 3.8) is 0 Å². The van der Waals surface area contributed by atoms with Crippen molar-refractivity contribution in [3.8, 4) is 5.75 Å². The molecule has 0 bridgehead atoms. The number of piperidine rings is 1. The minimum Gasteiger partial charge on any atom is -0.489 e. The number of rotatable bonds is 7. The van der Waals surface area contributed by atoms with Gasteiger partial charge in [0.05, 0.1) is 24.4 Å². The number of imidazole rings is 1. The Kier molecular flexibility index (Phi) is 6.66. The molecule has 3 aromatic rings. The molecule has 0 amide bonds. The molecular formula is C20H24Cl2N6O3. The van der Waals surface area contributed by atoms with Crippen molar-refractivity contribution < 1.29 is 9.47 Å².